The van der Waals surface area contributed by atoms with Crippen LogP contribution in [0.3, 0.4) is 0 Å². The number of hydrogen-bond donors (Lipinski definition) is 2. The van der Waals surface area contributed by atoms with Crippen LogP contribution in [0, 0.1) is 5.92 Å². The van der Waals surface area contributed by atoms with Crippen molar-refractivity contribution in [3.63, 3.8) is 0 Å². The van der Waals surface area contributed by atoms with Gasteiger partial charge >= 0.3 is 5.97 Å². The van der Waals surface area contributed by atoms with Crippen molar-refractivity contribution in [3.05, 3.63) is 48.2 Å². The minimum atomic E-state index is -0.985. The van der Waals surface area contributed by atoms with Crippen LogP contribution in [0.15, 0.2) is 42.6 Å². The first kappa shape index (κ1) is 16.2. The van der Waals surface area contributed by atoms with Gasteiger partial charge in [-0.2, -0.15) is 5.10 Å². The van der Waals surface area contributed by atoms with E-state index in [0.717, 1.165) is 18.4 Å². The summed E-state index contributed by atoms with van der Waals surface area (Å²) < 4.78 is 7.10. The number of anilines is 1. The molecule has 1 aromatic carbocycles. The molecule has 1 aliphatic heterocycles. The van der Waals surface area contributed by atoms with Crippen LogP contribution in [-0.2, 0) is 20.9 Å². The van der Waals surface area contributed by atoms with Crippen molar-refractivity contribution in [3.8, 4) is 0 Å². The highest BCUT2D eigenvalue weighted by Gasteiger charge is 2.33. The third kappa shape index (κ3) is 3.80. The summed E-state index contributed by atoms with van der Waals surface area (Å²) in [6.07, 6.45) is 2.81. The number of rotatable bonds is 5. The molecule has 1 fully saturated rings. The largest absolute Gasteiger partial charge is 0.480 e. The molecule has 3 rings (SSSR count). The number of benzene rings is 1. The summed E-state index contributed by atoms with van der Waals surface area (Å²) in [5.74, 6) is -1.10. The Hall–Kier alpha value is -2.67. The molecule has 2 aromatic rings. The van der Waals surface area contributed by atoms with Crippen molar-refractivity contribution >= 4 is 17.7 Å². The maximum atomic E-state index is 12.6. The SMILES string of the molecule is O=C(O)Cn1ccc(NC(=O)[C@H]2CCCO[C@@H]2c2ccccc2)n1. The second-order valence-corrected chi connectivity index (χ2v) is 5.73. The lowest BCUT2D eigenvalue weighted by atomic mass is 9.89. The number of nitrogens with zero attached hydrogens (tertiary/aromatic N) is 2. The summed E-state index contributed by atoms with van der Waals surface area (Å²) in [5, 5.41) is 15.6. The van der Waals surface area contributed by atoms with Crippen molar-refractivity contribution < 1.29 is 19.4 Å². The lowest BCUT2D eigenvalue weighted by molar-refractivity contribution is -0.137. The van der Waals surface area contributed by atoms with Gasteiger partial charge in [0.1, 0.15) is 6.54 Å². The summed E-state index contributed by atoms with van der Waals surface area (Å²) in [4.78, 5) is 23.3. The summed E-state index contributed by atoms with van der Waals surface area (Å²) in [7, 11) is 0. The van der Waals surface area contributed by atoms with Gasteiger partial charge in [-0.15, -0.1) is 0 Å². The number of carboxylic acid groups (broad SMARTS) is 1. The second-order valence-electron chi connectivity index (χ2n) is 5.73. The lowest BCUT2D eigenvalue weighted by Gasteiger charge is -2.31. The summed E-state index contributed by atoms with van der Waals surface area (Å²) in [5.41, 5.74) is 0.980. The molecule has 1 amide bonds. The van der Waals surface area contributed by atoms with E-state index in [-0.39, 0.29) is 24.5 Å². The molecular weight excluding hydrogens is 310 g/mol. The highest BCUT2D eigenvalue weighted by Crippen LogP contribution is 2.34. The van der Waals surface area contributed by atoms with Gasteiger partial charge in [-0.05, 0) is 18.4 Å². The van der Waals surface area contributed by atoms with Gasteiger partial charge in [0.05, 0.1) is 12.0 Å². The molecule has 0 aliphatic carbocycles. The Morgan fingerprint density at radius 1 is 1.29 bits per heavy atom. The number of aromatic nitrogens is 2. The maximum absolute atomic E-state index is 12.6. The van der Waals surface area contributed by atoms with Crippen LogP contribution in [0.4, 0.5) is 5.82 Å². The Bertz CT molecular complexity index is 714. The van der Waals surface area contributed by atoms with Gasteiger partial charge in [-0.25, -0.2) is 0 Å². The van der Waals surface area contributed by atoms with Crippen molar-refractivity contribution in [2.24, 2.45) is 5.92 Å². The molecule has 0 bridgehead atoms. The van der Waals surface area contributed by atoms with Crippen LogP contribution >= 0.6 is 0 Å². The first-order valence-electron chi connectivity index (χ1n) is 7.86. The Morgan fingerprint density at radius 3 is 2.83 bits per heavy atom. The second kappa shape index (κ2) is 7.27. The van der Waals surface area contributed by atoms with Gasteiger partial charge in [0, 0.05) is 18.9 Å². The number of ether oxygens (including phenoxy) is 1. The Morgan fingerprint density at radius 2 is 2.08 bits per heavy atom. The summed E-state index contributed by atoms with van der Waals surface area (Å²) in [6.45, 7) is 0.394. The lowest BCUT2D eigenvalue weighted by Crippen LogP contribution is -2.33. The fourth-order valence-corrected chi connectivity index (χ4v) is 2.89. The van der Waals surface area contributed by atoms with Gasteiger partial charge in [-0.1, -0.05) is 30.3 Å². The normalized spacial score (nSPS) is 20.5. The van der Waals surface area contributed by atoms with E-state index in [9.17, 15) is 9.59 Å². The molecule has 24 heavy (non-hydrogen) atoms. The van der Waals surface area contributed by atoms with Crippen LogP contribution in [0.5, 0.6) is 0 Å². The molecule has 1 aliphatic rings. The average Bonchev–Trinajstić information content (AvgIpc) is 3.01. The summed E-state index contributed by atoms with van der Waals surface area (Å²) >= 11 is 0. The van der Waals surface area contributed by atoms with Crippen molar-refractivity contribution in [2.45, 2.75) is 25.5 Å². The van der Waals surface area contributed by atoms with E-state index in [0.29, 0.717) is 12.4 Å². The molecule has 2 N–H and O–H groups in total. The van der Waals surface area contributed by atoms with Crippen LogP contribution in [0.1, 0.15) is 24.5 Å². The van der Waals surface area contributed by atoms with E-state index in [4.69, 9.17) is 9.84 Å². The predicted molar refractivity (Wildman–Crippen MR) is 86.4 cm³/mol. The standard InChI is InChI=1S/C17H19N3O4/c21-15(22)11-20-9-8-14(19-20)18-17(23)13-7-4-10-24-16(13)12-5-2-1-3-6-12/h1-3,5-6,8-9,13,16H,4,7,10-11H2,(H,21,22)(H,18,19,23)/t13-,16+/m0/s1. The zero-order valence-electron chi connectivity index (χ0n) is 13.1. The highest BCUT2D eigenvalue weighted by molar-refractivity contribution is 5.92. The topological polar surface area (TPSA) is 93.5 Å². The Balaban J connectivity index is 1.70. The number of carbonyl (C=O) groups is 2. The molecule has 0 saturated carbocycles. The smallest absolute Gasteiger partial charge is 0.325 e. The van der Waals surface area contributed by atoms with Crippen molar-refractivity contribution in [1.82, 2.24) is 9.78 Å². The quantitative estimate of drug-likeness (QED) is 0.876. The fourth-order valence-electron chi connectivity index (χ4n) is 2.89. The maximum Gasteiger partial charge on any atom is 0.325 e. The molecule has 126 valence electrons. The van der Waals surface area contributed by atoms with Gasteiger partial charge in [0.15, 0.2) is 5.82 Å². The van der Waals surface area contributed by atoms with E-state index in [2.05, 4.69) is 10.4 Å². The molecule has 0 radical (unpaired) electrons. The predicted octanol–water partition coefficient (Wildman–Crippen LogP) is 2.07. The average molecular weight is 329 g/mol. The minimum absolute atomic E-state index is 0.163. The first-order valence-corrected chi connectivity index (χ1v) is 7.86. The molecule has 7 nitrogen and oxygen atoms in total. The third-order valence-electron chi connectivity index (χ3n) is 3.98. The third-order valence-corrected chi connectivity index (χ3v) is 3.98. The molecule has 7 heteroatoms. The number of nitrogens with one attached hydrogen (secondary N) is 1. The molecule has 0 unspecified atom stereocenters. The first-order chi connectivity index (χ1) is 11.6. The van der Waals surface area contributed by atoms with E-state index in [1.807, 2.05) is 30.3 Å². The summed E-state index contributed by atoms with van der Waals surface area (Å²) in [6, 6.07) is 11.3. The van der Waals surface area contributed by atoms with Gasteiger partial charge in [-0.3, -0.25) is 14.3 Å². The monoisotopic (exact) mass is 329 g/mol. The number of aliphatic carboxylic acids is 1. The van der Waals surface area contributed by atoms with E-state index in [1.54, 1.807) is 6.07 Å². The van der Waals surface area contributed by atoms with E-state index in [1.165, 1.54) is 10.9 Å². The van der Waals surface area contributed by atoms with Crippen LogP contribution in [0.25, 0.3) is 0 Å². The zero-order valence-corrected chi connectivity index (χ0v) is 13.1. The Labute approximate surface area is 139 Å². The highest BCUT2D eigenvalue weighted by atomic mass is 16.5. The van der Waals surface area contributed by atoms with Gasteiger partial charge in [0.2, 0.25) is 5.91 Å². The number of carbonyl (C=O) groups excluding carboxylic acids is 1. The zero-order chi connectivity index (χ0) is 16.9. The number of hydrogen-bond acceptors (Lipinski definition) is 4. The van der Waals surface area contributed by atoms with Crippen LogP contribution in [-0.4, -0.2) is 33.4 Å². The van der Waals surface area contributed by atoms with Gasteiger partial charge in [0.25, 0.3) is 0 Å². The van der Waals surface area contributed by atoms with Crippen LogP contribution < -0.4 is 5.32 Å². The number of carboxylic acids is 1. The van der Waals surface area contributed by atoms with E-state index < -0.39 is 5.97 Å². The van der Waals surface area contributed by atoms with E-state index >= 15 is 0 Å². The number of amides is 1. The molecule has 1 saturated heterocycles. The minimum Gasteiger partial charge on any atom is -0.480 e. The van der Waals surface area contributed by atoms with Crippen molar-refractivity contribution in [2.75, 3.05) is 11.9 Å². The molecule has 1 aromatic heterocycles. The van der Waals surface area contributed by atoms with Crippen molar-refractivity contribution in [1.29, 1.82) is 0 Å². The molecule has 2 heterocycles. The molecular formula is C17H19N3O4. The molecule has 2 atom stereocenters. The fraction of sp³-hybridized carbons (Fsp3) is 0.353. The molecule has 0 spiro atoms. The van der Waals surface area contributed by atoms with Gasteiger partial charge < -0.3 is 15.2 Å². The Kier molecular flexibility index (Phi) is 4.90. The van der Waals surface area contributed by atoms with Crippen LogP contribution in [0.2, 0.25) is 0 Å².